The molecule has 3 N–H and O–H groups in total. The van der Waals surface area contributed by atoms with Crippen LogP contribution < -0.4 is 11.1 Å². The summed E-state index contributed by atoms with van der Waals surface area (Å²) in [5.41, 5.74) is 9.95. The molecule has 0 unspecified atom stereocenters. The van der Waals surface area contributed by atoms with E-state index < -0.39 is 0 Å². The fourth-order valence-electron chi connectivity index (χ4n) is 2.82. The highest BCUT2D eigenvalue weighted by molar-refractivity contribution is 5.92. The average molecular weight is 257 g/mol. The van der Waals surface area contributed by atoms with Gasteiger partial charge in [0.2, 0.25) is 0 Å². The van der Waals surface area contributed by atoms with Gasteiger partial charge in [0.05, 0.1) is 0 Å². The van der Waals surface area contributed by atoms with Gasteiger partial charge >= 0.3 is 0 Å². The number of hydrogen-bond donors (Lipinski definition) is 2. The SMILES string of the molecule is NC(=NCCCC1CC1)Nc1ccc2c(c1)CCC2. The van der Waals surface area contributed by atoms with Gasteiger partial charge in [-0.15, -0.1) is 0 Å². The number of rotatable bonds is 5. The average Bonchev–Trinajstić information content (AvgIpc) is 3.11. The Kier molecular flexibility index (Phi) is 3.72. The van der Waals surface area contributed by atoms with Gasteiger partial charge in [0.15, 0.2) is 5.96 Å². The molecule has 3 heteroatoms. The Hall–Kier alpha value is -1.51. The lowest BCUT2D eigenvalue weighted by Gasteiger charge is -2.08. The van der Waals surface area contributed by atoms with Crippen molar-refractivity contribution in [1.29, 1.82) is 0 Å². The summed E-state index contributed by atoms with van der Waals surface area (Å²) in [6.07, 6.45) is 9.03. The van der Waals surface area contributed by atoms with Gasteiger partial charge in [0, 0.05) is 12.2 Å². The van der Waals surface area contributed by atoms with E-state index >= 15 is 0 Å². The maximum atomic E-state index is 5.92. The maximum absolute atomic E-state index is 5.92. The summed E-state index contributed by atoms with van der Waals surface area (Å²) >= 11 is 0. The van der Waals surface area contributed by atoms with Crippen LogP contribution in [0.5, 0.6) is 0 Å². The fraction of sp³-hybridized carbons (Fsp3) is 0.562. The number of anilines is 1. The minimum atomic E-state index is 0.550. The highest BCUT2D eigenvalue weighted by Gasteiger charge is 2.19. The topological polar surface area (TPSA) is 50.4 Å². The number of fused-ring (bicyclic) bond motifs is 1. The molecule has 2 aliphatic carbocycles. The van der Waals surface area contributed by atoms with E-state index in [0.717, 1.165) is 24.6 Å². The van der Waals surface area contributed by atoms with Crippen LogP contribution in [0, 0.1) is 5.92 Å². The second kappa shape index (κ2) is 5.64. The molecule has 0 amide bonds. The molecule has 0 spiro atoms. The zero-order valence-electron chi connectivity index (χ0n) is 11.5. The molecule has 102 valence electrons. The predicted octanol–water partition coefficient (Wildman–Crippen LogP) is 3.09. The Morgan fingerprint density at radius 1 is 1.26 bits per heavy atom. The standard InChI is InChI=1S/C16H23N3/c17-16(18-10-2-3-12-6-7-12)19-15-9-8-13-4-1-5-14(13)11-15/h8-9,11-12H,1-7,10H2,(H3,17,18,19). The molecule has 19 heavy (non-hydrogen) atoms. The molecular weight excluding hydrogens is 234 g/mol. The highest BCUT2D eigenvalue weighted by Crippen LogP contribution is 2.33. The van der Waals surface area contributed by atoms with Crippen molar-refractivity contribution in [3.8, 4) is 0 Å². The first-order chi connectivity index (χ1) is 9.31. The van der Waals surface area contributed by atoms with Crippen LogP contribution >= 0.6 is 0 Å². The summed E-state index contributed by atoms with van der Waals surface area (Å²) < 4.78 is 0. The Bertz CT molecular complexity index is 475. The fourth-order valence-corrected chi connectivity index (χ4v) is 2.82. The molecule has 2 aliphatic rings. The molecule has 0 saturated heterocycles. The van der Waals surface area contributed by atoms with Crippen molar-refractivity contribution in [1.82, 2.24) is 0 Å². The number of benzene rings is 1. The molecule has 0 atom stereocenters. The van der Waals surface area contributed by atoms with Gasteiger partial charge in [0.25, 0.3) is 0 Å². The molecule has 0 radical (unpaired) electrons. The molecule has 0 bridgehead atoms. The summed E-state index contributed by atoms with van der Waals surface area (Å²) in [7, 11) is 0. The third-order valence-electron chi connectivity index (χ3n) is 4.12. The lowest BCUT2D eigenvalue weighted by atomic mass is 10.1. The van der Waals surface area contributed by atoms with Crippen molar-refractivity contribution in [2.75, 3.05) is 11.9 Å². The van der Waals surface area contributed by atoms with Crippen molar-refractivity contribution in [3.63, 3.8) is 0 Å². The van der Waals surface area contributed by atoms with Crippen molar-refractivity contribution in [2.45, 2.75) is 44.9 Å². The van der Waals surface area contributed by atoms with Gasteiger partial charge in [-0.1, -0.05) is 18.9 Å². The van der Waals surface area contributed by atoms with E-state index in [1.54, 1.807) is 0 Å². The van der Waals surface area contributed by atoms with Gasteiger partial charge in [-0.3, -0.25) is 4.99 Å². The molecule has 1 aromatic carbocycles. The van der Waals surface area contributed by atoms with Gasteiger partial charge in [-0.05, 0) is 61.3 Å². The summed E-state index contributed by atoms with van der Waals surface area (Å²) in [5, 5.41) is 3.20. The number of hydrogen-bond acceptors (Lipinski definition) is 1. The van der Waals surface area contributed by atoms with Gasteiger partial charge < -0.3 is 11.1 Å². The molecule has 0 aromatic heterocycles. The van der Waals surface area contributed by atoms with Crippen LogP contribution in [-0.4, -0.2) is 12.5 Å². The Balaban J connectivity index is 1.50. The molecule has 3 nitrogen and oxygen atoms in total. The number of nitrogens with two attached hydrogens (primary N) is 1. The van der Waals surface area contributed by atoms with Crippen molar-refractivity contribution < 1.29 is 0 Å². The first kappa shape index (κ1) is 12.5. The second-order valence-electron chi connectivity index (χ2n) is 5.81. The number of guanidine groups is 1. The number of nitrogens with one attached hydrogen (secondary N) is 1. The highest BCUT2D eigenvalue weighted by atomic mass is 15.1. The van der Waals surface area contributed by atoms with Crippen LogP contribution in [0.1, 0.15) is 43.2 Å². The summed E-state index contributed by atoms with van der Waals surface area (Å²) in [4.78, 5) is 4.40. The summed E-state index contributed by atoms with van der Waals surface area (Å²) in [5.74, 6) is 1.54. The van der Waals surface area contributed by atoms with E-state index in [1.807, 2.05) is 0 Å². The number of aliphatic imine (C=N–C) groups is 1. The van der Waals surface area contributed by atoms with Crippen molar-refractivity contribution in [3.05, 3.63) is 29.3 Å². The minimum Gasteiger partial charge on any atom is -0.370 e. The van der Waals surface area contributed by atoms with Crippen LogP contribution in [0.4, 0.5) is 5.69 Å². The van der Waals surface area contributed by atoms with Gasteiger partial charge in [-0.25, -0.2) is 0 Å². The Labute approximate surface area is 115 Å². The molecule has 1 fully saturated rings. The smallest absolute Gasteiger partial charge is 0.193 e. The predicted molar refractivity (Wildman–Crippen MR) is 80.5 cm³/mol. The number of aryl methyl sites for hydroxylation is 2. The lowest BCUT2D eigenvalue weighted by molar-refractivity contribution is 0.675. The van der Waals surface area contributed by atoms with Crippen molar-refractivity contribution in [2.24, 2.45) is 16.6 Å². The third-order valence-corrected chi connectivity index (χ3v) is 4.12. The molecule has 0 aliphatic heterocycles. The zero-order chi connectivity index (χ0) is 13.1. The third kappa shape index (κ3) is 3.49. The molecule has 0 heterocycles. The van der Waals surface area contributed by atoms with E-state index in [-0.39, 0.29) is 0 Å². The first-order valence-electron chi connectivity index (χ1n) is 7.50. The van der Waals surface area contributed by atoms with Crippen molar-refractivity contribution >= 4 is 11.6 Å². The molecular formula is C16H23N3. The summed E-state index contributed by atoms with van der Waals surface area (Å²) in [6.45, 7) is 0.847. The monoisotopic (exact) mass is 257 g/mol. The minimum absolute atomic E-state index is 0.550. The molecule has 1 saturated carbocycles. The van der Waals surface area contributed by atoms with Crippen LogP contribution in [0.3, 0.4) is 0 Å². The van der Waals surface area contributed by atoms with Gasteiger partial charge in [-0.2, -0.15) is 0 Å². The van der Waals surface area contributed by atoms with E-state index in [9.17, 15) is 0 Å². The van der Waals surface area contributed by atoms with Crippen LogP contribution in [0.2, 0.25) is 0 Å². The molecule has 1 aromatic rings. The second-order valence-corrected chi connectivity index (χ2v) is 5.81. The van der Waals surface area contributed by atoms with Gasteiger partial charge in [0.1, 0.15) is 0 Å². The normalized spacial score (nSPS) is 18.4. The lowest BCUT2D eigenvalue weighted by Crippen LogP contribution is -2.23. The van der Waals surface area contributed by atoms with Crippen LogP contribution in [0.25, 0.3) is 0 Å². The zero-order valence-corrected chi connectivity index (χ0v) is 11.5. The van der Waals surface area contributed by atoms with E-state index in [0.29, 0.717) is 5.96 Å². The van der Waals surface area contributed by atoms with E-state index in [2.05, 4.69) is 28.5 Å². The van der Waals surface area contributed by atoms with E-state index in [4.69, 9.17) is 5.73 Å². The Morgan fingerprint density at radius 2 is 2.11 bits per heavy atom. The quantitative estimate of drug-likeness (QED) is 0.484. The molecule has 3 rings (SSSR count). The first-order valence-corrected chi connectivity index (χ1v) is 7.50. The van der Waals surface area contributed by atoms with Crippen LogP contribution in [0.15, 0.2) is 23.2 Å². The Morgan fingerprint density at radius 3 is 2.95 bits per heavy atom. The maximum Gasteiger partial charge on any atom is 0.193 e. The largest absolute Gasteiger partial charge is 0.370 e. The van der Waals surface area contributed by atoms with Crippen LogP contribution in [-0.2, 0) is 12.8 Å². The number of nitrogens with zero attached hydrogens (tertiary/aromatic N) is 1. The summed E-state index contributed by atoms with van der Waals surface area (Å²) in [6, 6.07) is 6.54. The van der Waals surface area contributed by atoms with E-state index in [1.165, 1.54) is 49.7 Å².